The Kier molecular flexibility index (Phi) is 9.20. The molecular weight excluding hydrogens is 397 g/mol. The van der Waals surface area contributed by atoms with E-state index in [1.54, 1.807) is 18.3 Å². The van der Waals surface area contributed by atoms with Crippen LogP contribution in [0.3, 0.4) is 0 Å². The smallest absolute Gasteiger partial charge is 0.123 e. The molecule has 7 heteroatoms. The molecule has 5 nitrogen and oxygen atoms in total. The van der Waals surface area contributed by atoms with Gasteiger partial charge in [-0.25, -0.2) is 9.38 Å². The van der Waals surface area contributed by atoms with E-state index < -0.39 is 0 Å². The summed E-state index contributed by atoms with van der Waals surface area (Å²) in [5, 5.41) is 3.24. The van der Waals surface area contributed by atoms with Gasteiger partial charge in [0, 0.05) is 36.8 Å². The van der Waals surface area contributed by atoms with Gasteiger partial charge in [-0.2, -0.15) is 0 Å². The van der Waals surface area contributed by atoms with E-state index in [1.165, 1.54) is 12.1 Å². The van der Waals surface area contributed by atoms with Gasteiger partial charge in [0.1, 0.15) is 5.82 Å². The van der Waals surface area contributed by atoms with Crippen LogP contribution in [0.2, 0.25) is 0 Å². The molecule has 162 valence electrons. The van der Waals surface area contributed by atoms with Gasteiger partial charge in [0.15, 0.2) is 0 Å². The number of nitrogens with zero attached hydrogens (tertiary/aromatic N) is 1. The predicted octanol–water partition coefficient (Wildman–Crippen LogP) is 4.26. The first kappa shape index (κ1) is 23.8. The minimum atomic E-state index is -0.369. The van der Waals surface area contributed by atoms with E-state index in [1.807, 2.05) is 18.4 Å². The van der Waals surface area contributed by atoms with Gasteiger partial charge in [0.25, 0.3) is 0 Å². The van der Waals surface area contributed by atoms with Crippen molar-refractivity contribution in [3.8, 4) is 0 Å². The summed E-state index contributed by atoms with van der Waals surface area (Å²) in [6.07, 6.45) is 10.5. The highest BCUT2D eigenvalue weighted by molar-refractivity contribution is 7.78. The fraction of sp³-hybridized carbons (Fsp3) is 0.348. The minimum Gasteiger partial charge on any atom is -0.404 e. The van der Waals surface area contributed by atoms with Crippen LogP contribution in [0.25, 0.3) is 0 Å². The van der Waals surface area contributed by atoms with E-state index in [4.69, 9.17) is 16.5 Å². The van der Waals surface area contributed by atoms with Crippen LogP contribution < -0.4 is 21.5 Å². The molecule has 0 saturated heterocycles. The average molecular weight is 430 g/mol. The van der Waals surface area contributed by atoms with Crippen molar-refractivity contribution in [3.63, 3.8) is 0 Å². The number of hydrogen-bond donors (Lipinski definition) is 5. The first-order valence-electron chi connectivity index (χ1n) is 10.1. The summed E-state index contributed by atoms with van der Waals surface area (Å²) >= 11 is 4.14. The molecule has 2 rings (SSSR count). The van der Waals surface area contributed by atoms with Gasteiger partial charge in [-0.15, -0.1) is 6.58 Å². The van der Waals surface area contributed by atoms with Crippen molar-refractivity contribution in [2.75, 3.05) is 13.1 Å². The van der Waals surface area contributed by atoms with E-state index >= 15 is 0 Å². The number of halogens is 1. The molecule has 1 aliphatic carbocycles. The third-order valence-corrected chi connectivity index (χ3v) is 5.38. The number of rotatable bonds is 10. The first-order valence-corrected chi connectivity index (χ1v) is 10.6. The number of nitrogens with two attached hydrogens (primary N) is 2. The second-order valence-electron chi connectivity index (χ2n) is 7.38. The maximum atomic E-state index is 13.3. The van der Waals surface area contributed by atoms with Crippen LogP contribution in [0.15, 0.2) is 77.2 Å². The number of allylic oxidation sites excluding steroid dienone is 4. The van der Waals surface area contributed by atoms with Crippen LogP contribution in [0.1, 0.15) is 32.6 Å². The van der Waals surface area contributed by atoms with Crippen LogP contribution in [0.4, 0.5) is 10.1 Å². The summed E-state index contributed by atoms with van der Waals surface area (Å²) in [7, 11) is 0. The lowest BCUT2D eigenvalue weighted by Gasteiger charge is -2.38. The summed E-state index contributed by atoms with van der Waals surface area (Å²) < 4.78 is 16.2. The lowest BCUT2D eigenvalue weighted by molar-refractivity contribution is 0.432. The normalized spacial score (nSPS) is 22.2. The van der Waals surface area contributed by atoms with Crippen LogP contribution in [0, 0.1) is 11.2 Å². The molecule has 0 heterocycles. The van der Waals surface area contributed by atoms with Crippen LogP contribution in [-0.4, -0.2) is 18.8 Å². The number of nitrogens with one attached hydrogen (secondary N) is 2. The highest BCUT2D eigenvalue weighted by Gasteiger charge is 2.37. The van der Waals surface area contributed by atoms with Gasteiger partial charge in [-0.3, -0.25) is 4.72 Å². The second kappa shape index (κ2) is 11.6. The lowest BCUT2D eigenvalue weighted by Crippen LogP contribution is -2.32. The number of aliphatic imine (C=N–C) groups is 1. The minimum absolute atomic E-state index is 0.294. The molecule has 6 N–H and O–H groups in total. The highest BCUT2D eigenvalue weighted by Crippen LogP contribution is 2.45. The summed E-state index contributed by atoms with van der Waals surface area (Å²) in [5.41, 5.74) is 16.2. The molecule has 1 atom stereocenters. The molecule has 0 saturated carbocycles. The second-order valence-corrected chi connectivity index (χ2v) is 7.70. The van der Waals surface area contributed by atoms with E-state index in [2.05, 4.69) is 36.4 Å². The summed E-state index contributed by atoms with van der Waals surface area (Å²) in [4.78, 5) is 4.70. The fourth-order valence-corrected chi connectivity index (χ4v) is 3.69. The van der Waals surface area contributed by atoms with E-state index in [0.717, 1.165) is 41.9 Å². The van der Waals surface area contributed by atoms with Crippen LogP contribution >= 0.6 is 12.8 Å². The zero-order chi connectivity index (χ0) is 22.0. The van der Waals surface area contributed by atoms with Crippen molar-refractivity contribution in [3.05, 3.63) is 78.1 Å². The Bertz CT molecular complexity index is 842. The molecule has 1 aliphatic rings. The molecule has 30 heavy (non-hydrogen) atoms. The van der Waals surface area contributed by atoms with Crippen molar-refractivity contribution in [2.45, 2.75) is 32.6 Å². The van der Waals surface area contributed by atoms with Crippen LogP contribution in [0.5, 0.6) is 0 Å². The molecule has 0 fully saturated rings. The molecule has 0 amide bonds. The molecule has 0 aliphatic heterocycles. The van der Waals surface area contributed by atoms with Gasteiger partial charge >= 0.3 is 0 Å². The molecule has 1 aromatic carbocycles. The maximum absolute atomic E-state index is 13.3. The fourth-order valence-electron chi connectivity index (χ4n) is 3.57. The highest BCUT2D eigenvalue weighted by atomic mass is 32.1. The van der Waals surface area contributed by atoms with Crippen molar-refractivity contribution in [1.82, 2.24) is 10.0 Å². The Morgan fingerprint density at radius 1 is 1.33 bits per heavy atom. The zero-order valence-corrected chi connectivity index (χ0v) is 18.4. The number of benzene rings is 1. The zero-order valence-electron chi connectivity index (χ0n) is 17.5. The number of thiol groups is 1. The summed E-state index contributed by atoms with van der Waals surface area (Å²) in [6.45, 7) is 7.78. The molecule has 1 aromatic rings. The molecule has 0 aromatic heterocycles. The SMILES string of the molecule is C=CC1(C/C(N)=C/NCCC)CC(=CN)C(=Nc2ccc(F)cc2)C=C1CCNS. The van der Waals surface area contributed by atoms with Gasteiger partial charge in [0.2, 0.25) is 0 Å². The average Bonchev–Trinajstić information content (AvgIpc) is 2.75. The first-order chi connectivity index (χ1) is 14.5. The van der Waals surface area contributed by atoms with Crippen LogP contribution in [-0.2, 0) is 0 Å². The summed E-state index contributed by atoms with van der Waals surface area (Å²) in [6, 6.07) is 6.09. The van der Waals surface area contributed by atoms with Crippen molar-refractivity contribution >= 4 is 24.2 Å². The van der Waals surface area contributed by atoms with Crippen molar-refractivity contribution in [1.29, 1.82) is 0 Å². The Hall–Kier alpha value is -2.51. The summed E-state index contributed by atoms with van der Waals surface area (Å²) in [5.74, 6) is -0.294. The monoisotopic (exact) mass is 429 g/mol. The van der Waals surface area contributed by atoms with Gasteiger partial charge in [-0.1, -0.05) is 31.4 Å². The molecular formula is C23H32FN5S. The quantitative estimate of drug-likeness (QED) is 0.218. The van der Waals surface area contributed by atoms with E-state index in [9.17, 15) is 4.39 Å². The topological polar surface area (TPSA) is 88.5 Å². The Morgan fingerprint density at radius 3 is 2.67 bits per heavy atom. The van der Waals surface area contributed by atoms with Crippen molar-refractivity contribution < 1.29 is 4.39 Å². The third-order valence-electron chi connectivity index (χ3n) is 5.16. The Balaban J connectivity index is 2.46. The predicted molar refractivity (Wildman–Crippen MR) is 128 cm³/mol. The Labute approximate surface area is 184 Å². The third kappa shape index (κ3) is 6.24. The lowest BCUT2D eigenvalue weighted by atomic mass is 9.66. The maximum Gasteiger partial charge on any atom is 0.123 e. The van der Waals surface area contributed by atoms with Crippen molar-refractivity contribution in [2.24, 2.45) is 21.9 Å². The molecule has 0 spiro atoms. The molecule has 0 radical (unpaired) electrons. The van der Waals surface area contributed by atoms with Gasteiger partial charge in [-0.05, 0) is 61.4 Å². The standard InChI is InChI=1S/C23H32FN5S/c1-3-10-27-16-20(26)14-23(4-2)13-17(15-25)22(12-18(23)9-11-28-30)29-21-7-5-19(24)6-8-21/h4-8,12,15-16,27-28,30H,2-3,9-11,13-14,25-26H2,1H3/b17-15?,20-16-,29-22?. The number of hydrogen-bond acceptors (Lipinski definition) is 6. The van der Waals surface area contributed by atoms with Gasteiger partial charge < -0.3 is 16.8 Å². The molecule has 0 bridgehead atoms. The largest absolute Gasteiger partial charge is 0.404 e. The van der Waals surface area contributed by atoms with E-state index in [-0.39, 0.29) is 11.2 Å². The van der Waals surface area contributed by atoms with E-state index in [0.29, 0.717) is 25.1 Å². The molecule has 1 unspecified atom stereocenters. The van der Waals surface area contributed by atoms with Gasteiger partial charge in [0.05, 0.1) is 11.4 Å². The Morgan fingerprint density at radius 2 is 2.07 bits per heavy atom.